The van der Waals surface area contributed by atoms with Crippen LogP contribution in [0.1, 0.15) is 24.2 Å². The summed E-state index contributed by atoms with van der Waals surface area (Å²) in [6.45, 7) is 5.97. The molecule has 0 aliphatic heterocycles. The molecule has 25 heavy (non-hydrogen) atoms. The molecule has 0 aromatic heterocycles. The highest BCUT2D eigenvalue weighted by Gasteiger charge is 2.21. The predicted molar refractivity (Wildman–Crippen MR) is 94.5 cm³/mol. The molecule has 2 aromatic rings. The molecule has 2 aromatic carbocycles. The summed E-state index contributed by atoms with van der Waals surface area (Å²) < 4.78 is 10.3. The van der Waals surface area contributed by atoms with Crippen LogP contribution in [0.15, 0.2) is 42.5 Å². The van der Waals surface area contributed by atoms with Gasteiger partial charge in [0.2, 0.25) is 0 Å². The molecule has 7 nitrogen and oxygen atoms in total. The first-order valence-electron chi connectivity index (χ1n) is 7.89. The quantitative estimate of drug-likeness (QED) is 0.429. The molecule has 0 amide bonds. The first-order chi connectivity index (χ1) is 12.0. The molecule has 7 heteroatoms. The lowest BCUT2D eigenvalue weighted by molar-refractivity contribution is -0.385. The van der Waals surface area contributed by atoms with Gasteiger partial charge in [0.15, 0.2) is 0 Å². The number of anilines is 1. The van der Waals surface area contributed by atoms with E-state index in [0.717, 1.165) is 18.8 Å². The van der Waals surface area contributed by atoms with Crippen LogP contribution in [-0.2, 0) is 4.74 Å². The second-order valence-electron chi connectivity index (χ2n) is 5.20. The van der Waals surface area contributed by atoms with Crippen LogP contribution < -0.4 is 9.64 Å². The van der Waals surface area contributed by atoms with Crippen molar-refractivity contribution in [3.63, 3.8) is 0 Å². The molecule has 0 unspecified atom stereocenters. The topological polar surface area (TPSA) is 81.9 Å². The van der Waals surface area contributed by atoms with Crippen LogP contribution in [0.4, 0.5) is 11.4 Å². The van der Waals surface area contributed by atoms with E-state index in [4.69, 9.17) is 4.74 Å². The Morgan fingerprint density at radius 1 is 1.08 bits per heavy atom. The van der Waals surface area contributed by atoms with E-state index in [1.165, 1.54) is 25.3 Å². The fourth-order valence-electron chi connectivity index (χ4n) is 2.46. The Morgan fingerprint density at radius 3 is 2.20 bits per heavy atom. The van der Waals surface area contributed by atoms with Crippen LogP contribution in [0.5, 0.6) is 11.5 Å². The van der Waals surface area contributed by atoms with Crippen molar-refractivity contribution in [1.82, 2.24) is 0 Å². The third kappa shape index (κ3) is 4.26. The summed E-state index contributed by atoms with van der Waals surface area (Å²) in [5.41, 5.74) is 0.608. The maximum absolute atomic E-state index is 11.7. The van der Waals surface area contributed by atoms with Crippen LogP contribution >= 0.6 is 0 Å². The molecule has 0 spiro atoms. The normalized spacial score (nSPS) is 10.2. The van der Waals surface area contributed by atoms with Crippen LogP contribution in [0, 0.1) is 10.1 Å². The van der Waals surface area contributed by atoms with Crippen molar-refractivity contribution < 1.29 is 19.2 Å². The Kier molecular flexibility index (Phi) is 5.94. The maximum atomic E-state index is 11.7. The zero-order chi connectivity index (χ0) is 18.4. The highest BCUT2D eigenvalue weighted by Crippen LogP contribution is 2.29. The minimum absolute atomic E-state index is 0.148. The van der Waals surface area contributed by atoms with E-state index in [1.54, 1.807) is 0 Å². The predicted octanol–water partition coefficient (Wildman–Crippen LogP) is 4.02. The molecule has 0 heterocycles. The van der Waals surface area contributed by atoms with Crippen LogP contribution in [-0.4, -0.2) is 31.1 Å². The largest absolute Gasteiger partial charge is 0.465 e. The average Bonchev–Trinajstić information content (AvgIpc) is 2.63. The molecule has 0 saturated carbocycles. The molecule has 0 N–H and O–H groups in total. The molecular formula is C18H20N2O5. The summed E-state index contributed by atoms with van der Waals surface area (Å²) in [4.78, 5) is 24.3. The summed E-state index contributed by atoms with van der Waals surface area (Å²) in [5.74, 6) is 0.108. The van der Waals surface area contributed by atoms with Gasteiger partial charge in [0.1, 0.15) is 17.1 Å². The van der Waals surface area contributed by atoms with E-state index in [1.807, 2.05) is 24.3 Å². The van der Waals surface area contributed by atoms with Gasteiger partial charge in [0, 0.05) is 30.9 Å². The minimum Gasteiger partial charge on any atom is -0.465 e. The van der Waals surface area contributed by atoms with E-state index in [-0.39, 0.29) is 11.3 Å². The molecule has 0 radical (unpaired) electrons. The molecule has 0 aliphatic carbocycles. The number of hydrogen-bond donors (Lipinski definition) is 0. The SMILES string of the molecule is CCN(CC)c1ccc(Oc2ccc([N+](=O)[O-])c(C(=O)OC)c2)cc1. The number of hydrogen-bond acceptors (Lipinski definition) is 6. The number of nitro groups is 1. The van der Waals surface area contributed by atoms with Gasteiger partial charge in [-0.05, 0) is 44.2 Å². The second kappa shape index (κ2) is 8.14. The number of carbonyl (C=O) groups is 1. The van der Waals surface area contributed by atoms with Crippen molar-refractivity contribution in [2.45, 2.75) is 13.8 Å². The highest BCUT2D eigenvalue weighted by molar-refractivity contribution is 5.94. The summed E-state index contributed by atoms with van der Waals surface area (Å²) in [7, 11) is 1.17. The van der Waals surface area contributed by atoms with Crippen LogP contribution in [0.2, 0.25) is 0 Å². The van der Waals surface area contributed by atoms with Gasteiger partial charge in [0.25, 0.3) is 5.69 Å². The number of nitrogens with zero attached hydrogens (tertiary/aromatic N) is 2. The average molecular weight is 344 g/mol. The Bertz CT molecular complexity index is 755. The Labute approximate surface area is 145 Å². The van der Waals surface area contributed by atoms with Gasteiger partial charge < -0.3 is 14.4 Å². The monoisotopic (exact) mass is 344 g/mol. The van der Waals surface area contributed by atoms with Crippen molar-refractivity contribution >= 4 is 17.3 Å². The summed E-state index contributed by atoms with van der Waals surface area (Å²) in [6.07, 6.45) is 0. The van der Waals surface area contributed by atoms with Gasteiger partial charge >= 0.3 is 5.97 Å². The Morgan fingerprint density at radius 2 is 1.68 bits per heavy atom. The Balaban J connectivity index is 2.25. The van der Waals surface area contributed by atoms with Gasteiger partial charge in [-0.2, -0.15) is 0 Å². The number of esters is 1. The first kappa shape index (κ1) is 18.3. The lowest BCUT2D eigenvalue weighted by Crippen LogP contribution is -2.21. The van der Waals surface area contributed by atoms with Gasteiger partial charge in [0.05, 0.1) is 12.0 Å². The number of nitro benzene ring substituents is 1. The molecule has 0 bridgehead atoms. The molecule has 132 valence electrons. The third-order valence-electron chi connectivity index (χ3n) is 3.77. The van der Waals surface area contributed by atoms with Crippen molar-refractivity contribution in [3.05, 3.63) is 58.1 Å². The second-order valence-corrected chi connectivity index (χ2v) is 5.20. The number of methoxy groups -OCH3 is 1. The van der Waals surface area contributed by atoms with Crippen molar-refractivity contribution in [2.75, 3.05) is 25.1 Å². The Hall–Kier alpha value is -3.09. The summed E-state index contributed by atoms with van der Waals surface area (Å²) in [6, 6.07) is 11.5. The summed E-state index contributed by atoms with van der Waals surface area (Å²) in [5, 5.41) is 11.0. The smallest absolute Gasteiger partial charge is 0.345 e. The highest BCUT2D eigenvalue weighted by atomic mass is 16.6. The van der Waals surface area contributed by atoms with Crippen molar-refractivity contribution in [2.24, 2.45) is 0 Å². The fraction of sp³-hybridized carbons (Fsp3) is 0.278. The molecule has 0 saturated heterocycles. The summed E-state index contributed by atoms with van der Waals surface area (Å²) >= 11 is 0. The van der Waals surface area contributed by atoms with E-state index in [2.05, 4.69) is 23.5 Å². The third-order valence-corrected chi connectivity index (χ3v) is 3.77. The number of ether oxygens (including phenoxy) is 2. The maximum Gasteiger partial charge on any atom is 0.345 e. The zero-order valence-electron chi connectivity index (χ0n) is 14.4. The molecule has 0 aliphatic rings. The van der Waals surface area contributed by atoms with Gasteiger partial charge in [-0.1, -0.05) is 0 Å². The van der Waals surface area contributed by atoms with E-state index in [0.29, 0.717) is 11.5 Å². The van der Waals surface area contributed by atoms with Gasteiger partial charge in [-0.3, -0.25) is 10.1 Å². The van der Waals surface area contributed by atoms with Crippen LogP contribution in [0.25, 0.3) is 0 Å². The number of carbonyl (C=O) groups excluding carboxylic acids is 1. The van der Waals surface area contributed by atoms with Crippen molar-refractivity contribution in [3.8, 4) is 11.5 Å². The van der Waals surface area contributed by atoms with Gasteiger partial charge in [-0.15, -0.1) is 0 Å². The van der Waals surface area contributed by atoms with E-state index in [9.17, 15) is 14.9 Å². The fourth-order valence-corrected chi connectivity index (χ4v) is 2.46. The minimum atomic E-state index is -0.783. The van der Waals surface area contributed by atoms with Gasteiger partial charge in [-0.25, -0.2) is 4.79 Å². The molecule has 2 rings (SSSR count). The van der Waals surface area contributed by atoms with E-state index < -0.39 is 10.9 Å². The van der Waals surface area contributed by atoms with E-state index >= 15 is 0 Å². The zero-order valence-corrected chi connectivity index (χ0v) is 14.4. The standard InChI is InChI=1S/C18H20N2O5/c1-4-19(5-2)13-6-8-14(9-7-13)25-15-10-11-17(20(22)23)16(12-15)18(21)24-3/h6-12H,4-5H2,1-3H3. The molecular weight excluding hydrogens is 324 g/mol. The molecule has 0 atom stereocenters. The van der Waals surface area contributed by atoms with Crippen LogP contribution in [0.3, 0.4) is 0 Å². The molecule has 0 fully saturated rings. The number of rotatable bonds is 7. The lowest BCUT2D eigenvalue weighted by atomic mass is 10.1. The first-order valence-corrected chi connectivity index (χ1v) is 7.89. The van der Waals surface area contributed by atoms with Crippen molar-refractivity contribution in [1.29, 1.82) is 0 Å². The lowest BCUT2D eigenvalue weighted by Gasteiger charge is -2.21. The number of benzene rings is 2.